The summed E-state index contributed by atoms with van der Waals surface area (Å²) in [6.45, 7) is 0.223. The molecule has 5 N–H and O–H groups in total. The Hall–Kier alpha value is -4.15. The Morgan fingerprint density at radius 2 is 1.96 bits per heavy atom. The number of aromatic nitrogens is 4. The fourth-order valence-corrected chi connectivity index (χ4v) is 2.88. The van der Waals surface area contributed by atoms with Crippen molar-refractivity contribution < 1.29 is 24.5 Å². The Balaban J connectivity index is 2.30. The minimum atomic E-state index is -1.58. The molecular formula is C17H15N5O6. The zero-order chi connectivity index (χ0) is 20.4. The van der Waals surface area contributed by atoms with Gasteiger partial charge in [0.1, 0.15) is 35.3 Å². The van der Waals surface area contributed by atoms with Gasteiger partial charge in [-0.2, -0.15) is 5.10 Å². The molecule has 11 heteroatoms. The van der Waals surface area contributed by atoms with Gasteiger partial charge in [0, 0.05) is 11.1 Å². The molecule has 1 aromatic carbocycles. The maximum absolute atomic E-state index is 12.2. The first-order valence-corrected chi connectivity index (χ1v) is 7.85. The second-order valence-electron chi connectivity index (χ2n) is 5.72. The second-order valence-corrected chi connectivity index (χ2v) is 5.72. The number of ether oxygens (including phenoxy) is 1. The van der Waals surface area contributed by atoms with E-state index in [-0.39, 0.29) is 17.7 Å². The maximum atomic E-state index is 12.2. The van der Waals surface area contributed by atoms with E-state index in [9.17, 15) is 24.6 Å². The predicted octanol–water partition coefficient (Wildman–Crippen LogP) is 0.669. The summed E-state index contributed by atoms with van der Waals surface area (Å²) in [6.07, 6.45) is 2.82. The average Bonchev–Trinajstić information content (AvgIpc) is 3.13. The number of nitrogen functional groups attached to an aromatic ring is 1. The van der Waals surface area contributed by atoms with E-state index in [0.29, 0.717) is 11.3 Å². The number of hydrogen-bond acceptors (Lipinski definition) is 7. The fraction of sp³-hybridized carbons (Fsp3) is 0.118. The van der Waals surface area contributed by atoms with Crippen molar-refractivity contribution in [2.24, 2.45) is 0 Å². The van der Waals surface area contributed by atoms with E-state index in [1.165, 1.54) is 42.6 Å². The number of rotatable bonds is 6. The Morgan fingerprint density at radius 1 is 1.25 bits per heavy atom. The highest BCUT2D eigenvalue weighted by Crippen LogP contribution is 2.32. The van der Waals surface area contributed by atoms with Gasteiger partial charge in [-0.25, -0.2) is 19.3 Å². The molecule has 0 atom stereocenters. The molecule has 28 heavy (non-hydrogen) atoms. The summed E-state index contributed by atoms with van der Waals surface area (Å²) in [6, 6.07) is 4.51. The van der Waals surface area contributed by atoms with Crippen LogP contribution in [0.1, 0.15) is 26.3 Å². The number of hydrogen-bond donors (Lipinski definition) is 4. The number of nitrogens with zero attached hydrogens (tertiary/aromatic N) is 3. The van der Waals surface area contributed by atoms with Crippen molar-refractivity contribution in [1.29, 1.82) is 0 Å². The minimum absolute atomic E-state index is 0.184. The van der Waals surface area contributed by atoms with Gasteiger partial charge in [0.2, 0.25) is 0 Å². The van der Waals surface area contributed by atoms with Crippen LogP contribution >= 0.6 is 0 Å². The molecule has 11 nitrogen and oxygen atoms in total. The van der Waals surface area contributed by atoms with Gasteiger partial charge < -0.3 is 25.7 Å². The highest BCUT2D eigenvalue weighted by Gasteiger charge is 2.27. The molecule has 0 saturated carbocycles. The largest absolute Gasteiger partial charge is 0.496 e. The molecule has 0 radical (unpaired) electrons. The molecule has 144 valence electrons. The molecule has 0 spiro atoms. The normalized spacial score (nSPS) is 10.6. The number of benzene rings is 1. The van der Waals surface area contributed by atoms with Gasteiger partial charge in [0.05, 0.1) is 13.7 Å². The lowest BCUT2D eigenvalue weighted by Gasteiger charge is -2.15. The Kier molecular flexibility index (Phi) is 4.81. The molecule has 0 amide bonds. The minimum Gasteiger partial charge on any atom is -0.496 e. The van der Waals surface area contributed by atoms with Crippen molar-refractivity contribution in [2.75, 3.05) is 12.8 Å². The Bertz CT molecular complexity index is 1120. The van der Waals surface area contributed by atoms with Crippen LogP contribution in [0.5, 0.6) is 5.75 Å². The van der Waals surface area contributed by atoms with Crippen molar-refractivity contribution in [3.05, 3.63) is 57.9 Å². The van der Waals surface area contributed by atoms with E-state index in [1.54, 1.807) is 0 Å². The number of nitrogens with two attached hydrogens (primary N) is 1. The zero-order valence-corrected chi connectivity index (χ0v) is 14.5. The summed E-state index contributed by atoms with van der Waals surface area (Å²) in [5.41, 5.74) is 3.89. The Morgan fingerprint density at radius 3 is 2.54 bits per heavy atom. The number of anilines is 1. The first kappa shape index (κ1) is 18.6. The lowest BCUT2D eigenvalue weighted by molar-refractivity contribution is 0.0695. The monoisotopic (exact) mass is 385 g/mol. The summed E-state index contributed by atoms with van der Waals surface area (Å²) in [5, 5.41) is 23.0. The van der Waals surface area contributed by atoms with Crippen LogP contribution in [0.2, 0.25) is 0 Å². The first-order valence-electron chi connectivity index (χ1n) is 7.85. The number of nitrogens with one attached hydrogen (secondary N) is 1. The molecule has 2 heterocycles. The number of aromatic amines is 1. The number of H-pyrrole nitrogens is 1. The molecule has 0 aliphatic heterocycles. The molecule has 0 aliphatic rings. The number of aromatic carboxylic acids is 2. The van der Waals surface area contributed by atoms with E-state index < -0.39 is 34.4 Å². The van der Waals surface area contributed by atoms with E-state index in [2.05, 4.69) is 15.1 Å². The topological polar surface area (TPSA) is 173 Å². The molecule has 0 aliphatic carbocycles. The zero-order valence-electron chi connectivity index (χ0n) is 14.5. The Labute approximate surface area is 157 Å². The average molecular weight is 385 g/mol. The van der Waals surface area contributed by atoms with Crippen LogP contribution in [0.4, 0.5) is 5.82 Å². The van der Waals surface area contributed by atoms with Crippen LogP contribution in [0.3, 0.4) is 0 Å². The van der Waals surface area contributed by atoms with Gasteiger partial charge in [-0.3, -0.25) is 4.79 Å². The SMILES string of the molecule is COc1ccc(-c2c(C(=O)O)c(N)[nH]c(=O)c2C(=O)O)cc1Cn1cncn1. The molecule has 3 rings (SSSR count). The predicted molar refractivity (Wildman–Crippen MR) is 96.5 cm³/mol. The molecule has 3 aromatic rings. The van der Waals surface area contributed by atoms with E-state index in [4.69, 9.17) is 10.5 Å². The number of carbonyl (C=O) groups is 2. The highest BCUT2D eigenvalue weighted by atomic mass is 16.5. The molecule has 0 bridgehead atoms. The van der Waals surface area contributed by atoms with Crippen LogP contribution in [0.15, 0.2) is 35.6 Å². The standard InChI is InChI=1S/C17H15N5O6/c1-28-10-3-2-8(4-9(10)5-22-7-19-6-20-22)11-12(16(24)25)14(18)21-15(23)13(11)17(26)27/h2-4,6-7H,5H2,1H3,(H,24,25)(H,26,27)(H3,18,21,23). The number of methoxy groups -OCH3 is 1. The van der Waals surface area contributed by atoms with Gasteiger partial charge in [0.25, 0.3) is 5.56 Å². The van der Waals surface area contributed by atoms with E-state index in [1.807, 2.05) is 0 Å². The van der Waals surface area contributed by atoms with Crippen LogP contribution < -0.4 is 16.0 Å². The number of pyridine rings is 1. The van der Waals surface area contributed by atoms with Crippen LogP contribution in [-0.2, 0) is 6.54 Å². The van der Waals surface area contributed by atoms with Crippen LogP contribution in [-0.4, -0.2) is 49.0 Å². The molecule has 0 fully saturated rings. The lowest BCUT2D eigenvalue weighted by Crippen LogP contribution is -2.24. The summed E-state index contributed by atoms with van der Waals surface area (Å²) in [5.74, 6) is -3.02. The second kappa shape index (κ2) is 7.23. The van der Waals surface area contributed by atoms with Gasteiger partial charge in [-0.1, -0.05) is 6.07 Å². The third kappa shape index (κ3) is 3.28. The van der Waals surface area contributed by atoms with Crippen LogP contribution in [0.25, 0.3) is 11.1 Å². The summed E-state index contributed by atoms with van der Waals surface area (Å²) in [7, 11) is 1.45. The summed E-state index contributed by atoms with van der Waals surface area (Å²) in [4.78, 5) is 41.5. The van der Waals surface area contributed by atoms with Gasteiger partial charge in [0.15, 0.2) is 0 Å². The highest BCUT2D eigenvalue weighted by molar-refractivity contribution is 6.07. The molecule has 0 saturated heterocycles. The van der Waals surface area contributed by atoms with E-state index >= 15 is 0 Å². The van der Waals surface area contributed by atoms with Crippen molar-refractivity contribution in [1.82, 2.24) is 19.7 Å². The summed E-state index contributed by atoms with van der Waals surface area (Å²) >= 11 is 0. The maximum Gasteiger partial charge on any atom is 0.342 e. The van der Waals surface area contributed by atoms with Crippen molar-refractivity contribution in [3.63, 3.8) is 0 Å². The molecular weight excluding hydrogens is 370 g/mol. The van der Waals surface area contributed by atoms with Crippen LogP contribution in [0, 0.1) is 0 Å². The van der Waals surface area contributed by atoms with Crippen molar-refractivity contribution in [3.8, 4) is 16.9 Å². The summed E-state index contributed by atoms with van der Waals surface area (Å²) < 4.78 is 6.81. The quantitative estimate of drug-likeness (QED) is 0.475. The third-order valence-electron chi connectivity index (χ3n) is 4.04. The number of carboxylic acids is 2. The molecule has 0 unspecified atom stereocenters. The van der Waals surface area contributed by atoms with Crippen molar-refractivity contribution in [2.45, 2.75) is 6.54 Å². The molecule has 2 aromatic heterocycles. The third-order valence-corrected chi connectivity index (χ3v) is 4.04. The number of carboxylic acid groups (broad SMARTS) is 2. The smallest absolute Gasteiger partial charge is 0.342 e. The van der Waals surface area contributed by atoms with Crippen molar-refractivity contribution >= 4 is 17.8 Å². The fourth-order valence-electron chi connectivity index (χ4n) is 2.88. The van der Waals surface area contributed by atoms with Gasteiger partial charge in [-0.05, 0) is 17.7 Å². The first-order chi connectivity index (χ1) is 13.3. The lowest BCUT2D eigenvalue weighted by atomic mass is 9.94. The van der Waals surface area contributed by atoms with Gasteiger partial charge in [-0.15, -0.1) is 0 Å². The van der Waals surface area contributed by atoms with E-state index in [0.717, 1.165) is 0 Å². The van der Waals surface area contributed by atoms with Gasteiger partial charge >= 0.3 is 11.9 Å².